The lowest BCUT2D eigenvalue weighted by atomic mass is 10.2. The minimum absolute atomic E-state index is 0.613. The van der Waals surface area contributed by atoms with Crippen LogP contribution in [0, 0.1) is 0 Å². The molecule has 2 aliphatic carbocycles. The molecule has 108 valence electrons. The molecule has 2 heterocycles. The van der Waals surface area contributed by atoms with Crippen molar-refractivity contribution in [2.45, 2.75) is 50.7 Å². The molecule has 0 aromatic carbocycles. The standard InChI is InChI=1S/C18H20N2O/c1-7-17(15-3-4-15)19-9-13(1)11-21-12-14-2-8-18(20-10-14)16-5-6-16/h1-2,7-10,15-16H,3-6,11-12H2. The molecule has 3 nitrogen and oxygen atoms in total. The van der Waals surface area contributed by atoms with Crippen molar-refractivity contribution in [3.05, 3.63) is 59.2 Å². The summed E-state index contributed by atoms with van der Waals surface area (Å²) in [5, 5.41) is 0. The molecule has 3 heteroatoms. The Morgan fingerprint density at radius 1 is 0.762 bits per heavy atom. The van der Waals surface area contributed by atoms with Gasteiger partial charge >= 0.3 is 0 Å². The Labute approximate surface area is 125 Å². The summed E-state index contributed by atoms with van der Waals surface area (Å²) in [4.78, 5) is 9.02. The normalized spacial score (nSPS) is 17.9. The third-order valence-electron chi connectivity index (χ3n) is 4.22. The Bertz CT molecular complexity index is 543. The second kappa shape index (κ2) is 5.57. The van der Waals surface area contributed by atoms with Crippen molar-refractivity contribution in [2.75, 3.05) is 0 Å². The lowest BCUT2D eigenvalue weighted by molar-refractivity contribution is 0.106. The maximum Gasteiger partial charge on any atom is 0.0736 e. The molecule has 0 saturated heterocycles. The SMILES string of the molecule is c1cc(C2CC2)ncc1COCc1ccc(C2CC2)nc1. The zero-order valence-electron chi connectivity index (χ0n) is 12.2. The highest BCUT2D eigenvalue weighted by Gasteiger charge is 2.25. The summed E-state index contributed by atoms with van der Waals surface area (Å²) in [5.41, 5.74) is 4.75. The van der Waals surface area contributed by atoms with E-state index >= 15 is 0 Å². The van der Waals surface area contributed by atoms with Crippen LogP contribution in [0.15, 0.2) is 36.7 Å². The van der Waals surface area contributed by atoms with Gasteiger partial charge in [-0.1, -0.05) is 12.1 Å². The average Bonchev–Trinajstić information content (AvgIpc) is 3.41. The summed E-state index contributed by atoms with van der Waals surface area (Å²) in [6.45, 7) is 1.23. The van der Waals surface area contributed by atoms with Gasteiger partial charge in [-0.15, -0.1) is 0 Å². The first-order valence-corrected chi connectivity index (χ1v) is 7.86. The second-order valence-electron chi connectivity index (χ2n) is 6.22. The quantitative estimate of drug-likeness (QED) is 0.803. The highest BCUT2D eigenvalue weighted by molar-refractivity contribution is 5.20. The van der Waals surface area contributed by atoms with E-state index in [2.05, 4.69) is 34.2 Å². The number of hydrogen-bond donors (Lipinski definition) is 0. The van der Waals surface area contributed by atoms with E-state index in [0.717, 1.165) is 23.0 Å². The molecule has 0 unspecified atom stereocenters. The van der Waals surface area contributed by atoms with E-state index in [4.69, 9.17) is 4.74 Å². The third kappa shape index (κ3) is 3.30. The van der Waals surface area contributed by atoms with Crippen LogP contribution in [0.3, 0.4) is 0 Å². The van der Waals surface area contributed by atoms with Crippen molar-refractivity contribution in [3.8, 4) is 0 Å². The number of rotatable bonds is 6. The lowest BCUT2D eigenvalue weighted by Gasteiger charge is -2.06. The van der Waals surface area contributed by atoms with Crippen LogP contribution in [0.2, 0.25) is 0 Å². The van der Waals surface area contributed by atoms with Gasteiger partial charge in [-0.25, -0.2) is 0 Å². The van der Waals surface area contributed by atoms with Gasteiger partial charge in [0.15, 0.2) is 0 Å². The first-order valence-electron chi connectivity index (χ1n) is 7.86. The van der Waals surface area contributed by atoms with Crippen LogP contribution >= 0.6 is 0 Å². The van der Waals surface area contributed by atoms with E-state index in [9.17, 15) is 0 Å². The van der Waals surface area contributed by atoms with Gasteiger partial charge in [-0.05, 0) is 48.9 Å². The molecular weight excluding hydrogens is 260 g/mol. The van der Waals surface area contributed by atoms with E-state index in [1.165, 1.54) is 37.1 Å². The first kappa shape index (κ1) is 13.0. The van der Waals surface area contributed by atoms with E-state index in [0.29, 0.717) is 13.2 Å². The molecule has 4 rings (SSSR count). The van der Waals surface area contributed by atoms with Crippen molar-refractivity contribution in [2.24, 2.45) is 0 Å². The van der Waals surface area contributed by atoms with Gasteiger partial charge in [0.2, 0.25) is 0 Å². The summed E-state index contributed by atoms with van der Waals surface area (Å²) in [6.07, 6.45) is 9.09. The second-order valence-corrected chi connectivity index (χ2v) is 6.22. The summed E-state index contributed by atoms with van der Waals surface area (Å²) in [6, 6.07) is 8.55. The number of aromatic nitrogens is 2. The zero-order chi connectivity index (χ0) is 14.1. The van der Waals surface area contributed by atoms with Gasteiger partial charge in [-0.2, -0.15) is 0 Å². The highest BCUT2D eigenvalue weighted by Crippen LogP contribution is 2.39. The Morgan fingerprint density at radius 2 is 1.24 bits per heavy atom. The molecule has 0 amide bonds. The molecule has 2 aromatic rings. The Balaban J connectivity index is 1.28. The van der Waals surface area contributed by atoms with Gasteiger partial charge in [0.05, 0.1) is 13.2 Å². The Morgan fingerprint density at radius 3 is 1.57 bits per heavy atom. The number of pyridine rings is 2. The third-order valence-corrected chi connectivity index (χ3v) is 4.22. The molecule has 0 N–H and O–H groups in total. The molecule has 2 saturated carbocycles. The van der Waals surface area contributed by atoms with Crippen LogP contribution in [0.25, 0.3) is 0 Å². The smallest absolute Gasteiger partial charge is 0.0736 e. The maximum atomic E-state index is 5.76. The Kier molecular flexibility index (Phi) is 3.44. The molecule has 0 aliphatic heterocycles. The number of ether oxygens (including phenoxy) is 1. The highest BCUT2D eigenvalue weighted by atomic mass is 16.5. The molecule has 21 heavy (non-hydrogen) atoms. The largest absolute Gasteiger partial charge is 0.372 e. The number of nitrogens with zero attached hydrogens (tertiary/aromatic N) is 2. The monoisotopic (exact) mass is 280 g/mol. The Hall–Kier alpha value is -1.74. The predicted octanol–water partition coefficient (Wildman–Crippen LogP) is 3.95. The van der Waals surface area contributed by atoms with Crippen molar-refractivity contribution in [1.29, 1.82) is 0 Å². The molecule has 2 aliphatic rings. The fourth-order valence-electron chi connectivity index (χ4n) is 2.57. The van der Waals surface area contributed by atoms with Crippen LogP contribution in [0.4, 0.5) is 0 Å². The average molecular weight is 280 g/mol. The zero-order valence-corrected chi connectivity index (χ0v) is 12.2. The predicted molar refractivity (Wildman–Crippen MR) is 80.9 cm³/mol. The fourth-order valence-corrected chi connectivity index (χ4v) is 2.57. The molecule has 2 aromatic heterocycles. The minimum Gasteiger partial charge on any atom is -0.372 e. The lowest BCUT2D eigenvalue weighted by Crippen LogP contribution is -1.97. The van der Waals surface area contributed by atoms with Crippen LogP contribution < -0.4 is 0 Å². The molecule has 2 fully saturated rings. The van der Waals surface area contributed by atoms with E-state index < -0.39 is 0 Å². The van der Waals surface area contributed by atoms with Gasteiger partial charge in [0, 0.05) is 35.6 Å². The van der Waals surface area contributed by atoms with Gasteiger partial charge in [-0.3, -0.25) is 9.97 Å². The van der Waals surface area contributed by atoms with Gasteiger partial charge < -0.3 is 4.74 Å². The number of hydrogen-bond acceptors (Lipinski definition) is 3. The molecule has 0 spiro atoms. The van der Waals surface area contributed by atoms with Crippen molar-refractivity contribution in [1.82, 2.24) is 9.97 Å². The topological polar surface area (TPSA) is 35.0 Å². The molecular formula is C18H20N2O. The van der Waals surface area contributed by atoms with Crippen molar-refractivity contribution >= 4 is 0 Å². The van der Waals surface area contributed by atoms with Gasteiger partial charge in [0.25, 0.3) is 0 Å². The summed E-state index contributed by atoms with van der Waals surface area (Å²) in [7, 11) is 0. The van der Waals surface area contributed by atoms with Crippen LogP contribution in [-0.4, -0.2) is 9.97 Å². The van der Waals surface area contributed by atoms with Crippen molar-refractivity contribution in [3.63, 3.8) is 0 Å². The minimum atomic E-state index is 0.613. The summed E-state index contributed by atoms with van der Waals surface area (Å²) in [5.74, 6) is 1.44. The summed E-state index contributed by atoms with van der Waals surface area (Å²) < 4.78 is 5.76. The fraction of sp³-hybridized carbons (Fsp3) is 0.444. The van der Waals surface area contributed by atoms with Gasteiger partial charge in [0.1, 0.15) is 0 Å². The van der Waals surface area contributed by atoms with E-state index in [1.807, 2.05) is 12.4 Å². The van der Waals surface area contributed by atoms with Crippen molar-refractivity contribution < 1.29 is 4.74 Å². The molecule has 0 bridgehead atoms. The maximum absolute atomic E-state index is 5.76. The van der Waals surface area contributed by atoms with Crippen LogP contribution in [-0.2, 0) is 18.0 Å². The van der Waals surface area contributed by atoms with E-state index in [-0.39, 0.29) is 0 Å². The molecule has 0 atom stereocenters. The molecule has 0 radical (unpaired) electrons. The first-order chi connectivity index (χ1) is 10.4. The van der Waals surface area contributed by atoms with E-state index in [1.54, 1.807) is 0 Å². The van der Waals surface area contributed by atoms with Crippen LogP contribution in [0.1, 0.15) is 60.0 Å². The van der Waals surface area contributed by atoms with Crippen LogP contribution in [0.5, 0.6) is 0 Å². The summed E-state index contributed by atoms with van der Waals surface area (Å²) >= 11 is 0.